The zero-order valence-electron chi connectivity index (χ0n) is 18.5. The molecule has 176 valence electrons. The lowest BCUT2D eigenvalue weighted by Crippen LogP contribution is -2.38. The van der Waals surface area contributed by atoms with Crippen molar-refractivity contribution in [1.82, 2.24) is 14.2 Å². The van der Waals surface area contributed by atoms with E-state index in [0.29, 0.717) is 32.1 Å². The second-order valence-corrected chi connectivity index (χ2v) is 9.64. The summed E-state index contributed by atoms with van der Waals surface area (Å²) < 4.78 is 54.0. The Labute approximate surface area is 193 Å². The number of ether oxygens (including phenoxy) is 2. The summed E-state index contributed by atoms with van der Waals surface area (Å²) in [6.07, 6.45) is 1.53. The van der Waals surface area contributed by atoms with Crippen LogP contribution in [0.5, 0.6) is 5.75 Å². The van der Waals surface area contributed by atoms with Crippen molar-refractivity contribution in [2.24, 2.45) is 0 Å². The summed E-state index contributed by atoms with van der Waals surface area (Å²) in [5, 5.41) is 3.01. The molecule has 4 rings (SSSR count). The van der Waals surface area contributed by atoms with Gasteiger partial charge < -0.3 is 14.8 Å². The molecule has 9 heteroatoms. The molecule has 1 aliphatic rings. The van der Waals surface area contributed by atoms with Crippen LogP contribution in [0.1, 0.15) is 5.56 Å². The van der Waals surface area contributed by atoms with E-state index < -0.39 is 15.8 Å². The van der Waals surface area contributed by atoms with Gasteiger partial charge in [0, 0.05) is 44.0 Å². The van der Waals surface area contributed by atoms with Crippen molar-refractivity contribution in [2.45, 2.75) is 11.4 Å². The first-order valence-corrected chi connectivity index (χ1v) is 12.3. The smallest absolute Gasteiger partial charge is 0.268 e. The lowest BCUT2D eigenvalue weighted by molar-refractivity contribution is 0.0322. The Kier molecular flexibility index (Phi) is 7.44. The van der Waals surface area contributed by atoms with Gasteiger partial charge in [-0.3, -0.25) is 4.90 Å². The van der Waals surface area contributed by atoms with Crippen LogP contribution >= 0.6 is 0 Å². The predicted octanol–water partition coefficient (Wildman–Crippen LogP) is 2.96. The van der Waals surface area contributed by atoms with Crippen LogP contribution in [-0.4, -0.2) is 63.8 Å². The summed E-state index contributed by atoms with van der Waals surface area (Å²) in [5.74, 6) is -0.0114. The Morgan fingerprint density at radius 3 is 2.64 bits per heavy atom. The molecule has 0 amide bonds. The molecule has 0 spiro atoms. The van der Waals surface area contributed by atoms with Gasteiger partial charge in [0.05, 0.1) is 23.8 Å². The highest BCUT2D eigenvalue weighted by atomic mass is 32.2. The summed E-state index contributed by atoms with van der Waals surface area (Å²) in [5.41, 5.74) is 1.23. The molecule has 0 bridgehead atoms. The van der Waals surface area contributed by atoms with Crippen molar-refractivity contribution in [3.8, 4) is 17.0 Å². The normalized spacial score (nSPS) is 15.0. The van der Waals surface area contributed by atoms with Crippen LogP contribution in [0.4, 0.5) is 4.39 Å². The molecular formula is C24H28FN3O4S. The summed E-state index contributed by atoms with van der Waals surface area (Å²) in [6, 6.07) is 14.3. The van der Waals surface area contributed by atoms with E-state index in [4.69, 9.17) is 9.47 Å². The van der Waals surface area contributed by atoms with Gasteiger partial charge in [0.15, 0.2) is 0 Å². The van der Waals surface area contributed by atoms with E-state index in [1.54, 1.807) is 43.4 Å². The molecule has 1 saturated heterocycles. The quantitative estimate of drug-likeness (QED) is 0.515. The third-order valence-electron chi connectivity index (χ3n) is 5.52. The van der Waals surface area contributed by atoms with Crippen molar-refractivity contribution in [2.75, 3.05) is 46.5 Å². The zero-order chi connectivity index (χ0) is 23.3. The first-order valence-electron chi connectivity index (χ1n) is 10.9. The second-order valence-electron chi connectivity index (χ2n) is 7.82. The molecule has 0 aliphatic carbocycles. The number of aromatic nitrogens is 1. The van der Waals surface area contributed by atoms with E-state index in [1.807, 2.05) is 0 Å². The average Bonchev–Trinajstić information content (AvgIpc) is 3.25. The first-order chi connectivity index (χ1) is 16.0. The molecule has 1 fully saturated rings. The molecule has 2 heterocycles. The maximum absolute atomic E-state index is 14.5. The highest BCUT2D eigenvalue weighted by molar-refractivity contribution is 7.90. The minimum absolute atomic E-state index is 0.0792. The SMILES string of the molecule is CNCc1cc(-c2ccccc2F)n(S(=O)(=O)c2cccc(OCCN3CCOCC3)c2)c1. The highest BCUT2D eigenvalue weighted by Gasteiger charge is 2.23. The average molecular weight is 474 g/mol. The van der Waals surface area contributed by atoms with Gasteiger partial charge >= 0.3 is 0 Å². The number of nitrogens with one attached hydrogen (secondary N) is 1. The predicted molar refractivity (Wildman–Crippen MR) is 124 cm³/mol. The van der Waals surface area contributed by atoms with Gasteiger partial charge in [-0.1, -0.05) is 18.2 Å². The fourth-order valence-corrected chi connectivity index (χ4v) is 5.24. The number of hydrogen-bond acceptors (Lipinski definition) is 6. The zero-order valence-corrected chi connectivity index (χ0v) is 19.4. The van der Waals surface area contributed by atoms with Gasteiger partial charge in [-0.2, -0.15) is 0 Å². The van der Waals surface area contributed by atoms with E-state index in [9.17, 15) is 12.8 Å². The van der Waals surface area contributed by atoms with Crippen molar-refractivity contribution in [3.05, 3.63) is 72.2 Å². The van der Waals surface area contributed by atoms with Crippen LogP contribution in [0.15, 0.2) is 65.7 Å². The van der Waals surface area contributed by atoms with Gasteiger partial charge in [-0.25, -0.2) is 16.8 Å². The molecule has 0 atom stereocenters. The molecule has 0 radical (unpaired) electrons. The molecule has 2 aromatic carbocycles. The van der Waals surface area contributed by atoms with Crippen LogP contribution in [0, 0.1) is 5.82 Å². The topological polar surface area (TPSA) is 72.8 Å². The van der Waals surface area contributed by atoms with E-state index in [1.165, 1.54) is 24.4 Å². The molecule has 1 aliphatic heterocycles. The Morgan fingerprint density at radius 2 is 1.88 bits per heavy atom. The minimum atomic E-state index is -3.98. The molecule has 0 unspecified atom stereocenters. The maximum atomic E-state index is 14.5. The van der Waals surface area contributed by atoms with E-state index in [0.717, 1.165) is 29.2 Å². The summed E-state index contributed by atoms with van der Waals surface area (Å²) in [6.45, 7) is 4.78. The third kappa shape index (κ3) is 5.44. The van der Waals surface area contributed by atoms with Gasteiger partial charge in [-0.05, 0) is 42.9 Å². The molecular weight excluding hydrogens is 445 g/mol. The van der Waals surface area contributed by atoms with Crippen molar-refractivity contribution >= 4 is 10.0 Å². The first kappa shape index (κ1) is 23.4. The summed E-state index contributed by atoms with van der Waals surface area (Å²) in [4.78, 5) is 2.32. The maximum Gasteiger partial charge on any atom is 0.268 e. The van der Waals surface area contributed by atoms with Crippen molar-refractivity contribution in [3.63, 3.8) is 0 Å². The number of halogens is 1. The molecule has 3 aromatic rings. The Balaban J connectivity index is 1.60. The molecule has 7 nitrogen and oxygen atoms in total. The highest BCUT2D eigenvalue weighted by Crippen LogP contribution is 2.30. The van der Waals surface area contributed by atoms with Crippen LogP contribution in [-0.2, 0) is 21.3 Å². The molecule has 0 saturated carbocycles. The number of morpholine rings is 1. The monoisotopic (exact) mass is 473 g/mol. The van der Waals surface area contributed by atoms with E-state index >= 15 is 0 Å². The summed E-state index contributed by atoms with van der Waals surface area (Å²) in [7, 11) is -2.21. The lowest BCUT2D eigenvalue weighted by Gasteiger charge is -2.26. The van der Waals surface area contributed by atoms with Gasteiger partial charge in [0.1, 0.15) is 18.2 Å². The number of nitrogens with zero attached hydrogens (tertiary/aromatic N) is 2. The standard InChI is InChI=1S/C24H28FN3O4S/c1-26-17-19-15-24(22-7-2-3-8-23(22)25)28(18-19)33(29,30)21-6-4-5-20(16-21)32-14-11-27-9-12-31-13-10-27/h2-8,15-16,18,26H,9-14,17H2,1H3. The molecule has 1 aromatic heterocycles. The van der Waals surface area contributed by atoms with E-state index in [-0.39, 0.29) is 16.2 Å². The van der Waals surface area contributed by atoms with Gasteiger partial charge in [-0.15, -0.1) is 0 Å². The fourth-order valence-electron chi connectivity index (χ4n) is 3.82. The van der Waals surface area contributed by atoms with Crippen LogP contribution in [0.2, 0.25) is 0 Å². The van der Waals surface area contributed by atoms with Crippen molar-refractivity contribution in [1.29, 1.82) is 0 Å². The van der Waals surface area contributed by atoms with Gasteiger partial charge in [0.25, 0.3) is 10.0 Å². The minimum Gasteiger partial charge on any atom is -0.492 e. The third-order valence-corrected chi connectivity index (χ3v) is 7.19. The largest absolute Gasteiger partial charge is 0.492 e. The number of hydrogen-bond donors (Lipinski definition) is 1. The van der Waals surface area contributed by atoms with Crippen LogP contribution in [0.3, 0.4) is 0 Å². The van der Waals surface area contributed by atoms with Gasteiger partial charge in [0.2, 0.25) is 0 Å². The summed E-state index contributed by atoms with van der Waals surface area (Å²) >= 11 is 0. The van der Waals surface area contributed by atoms with Crippen molar-refractivity contribution < 1.29 is 22.3 Å². The Hall–Kier alpha value is -2.72. The number of benzene rings is 2. The lowest BCUT2D eigenvalue weighted by atomic mass is 10.1. The molecule has 33 heavy (non-hydrogen) atoms. The fraction of sp³-hybridized carbons (Fsp3) is 0.333. The van der Waals surface area contributed by atoms with Crippen LogP contribution < -0.4 is 10.1 Å². The van der Waals surface area contributed by atoms with E-state index in [2.05, 4.69) is 10.2 Å². The second kappa shape index (κ2) is 10.5. The van der Waals surface area contributed by atoms with Crippen LogP contribution in [0.25, 0.3) is 11.3 Å². The Morgan fingerprint density at radius 1 is 1.09 bits per heavy atom. The number of rotatable bonds is 9. The Bertz CT molecular complexity index is 1190. The molecule has 1 N–H and O–H groups in total.